The highest BCUT2D eigenvalue weighted by Gasteiger charge is 2.15. The Morgan fingerprint density at radius 2 is 1.74 bits per heavy atom. The Morgan fingerprint density at radius 3 is 2.41 bits per heavy atom. The molecule has 6 nitrogen and oxygen atoms in total. The Labute approximate surface area is 155 Å². The van der Waals surface area contributed by atoms with E-state index in [2.05, 4.69) is 15.4 Å². The summed E-state index contributed by atoms with van der Waals surface area (Å²) in [6.07, 6.45) is 0.620. The van der Waals surface area contributed by atoms with Crippen LogP contribution in [0.5, 0.6) is 11.5 Å². The molecular weight excluding hydrogens is 358 g/mol. The predicted molar refractivity (Wildman–Crippen MR) is 95.1 cm³/mol. The van der Waals surface area contributed by atoms with E-state index in [1.807, 2.05) is 24.3 Å². The summed E-state index contributed by atoms with van der Waals surface area (Å²) in [5, 5.41) is 5.06. The van der Waals surface area contributed by atoms with Crippen molar-refractivity contribution in [2.45, 2.75) is 13.0 Å². The molecule has 0 atom stereocenters. The van der Waals surface area contributed by atoms with E-state index >= 15 is 0 Å². The maximum Gasteiger partial charge on any atom is 0.387 e. The minimum absolute atomic E-state index is 0.0659. The zero-order chi connectivity index (χ0) is 19.6. The van der Waals surface area contributed by atoms with Gasteiger partial charge in [0.2, 0.25) is 5.91 Å². The van der Waals surface area contributed by atoms with Crippen molar-refractivity contribution >= 4 is 11.8 Å². The number of ether oxygens (including phenoxy) is 2. The van der Waals surface area contributed by atoms with Crippen LogP contribution in [0.2, 0.25) is 0 Å². The topological polar surface area (TPSA) is 76.7 Å². The van der Waals surface area contributed by atoms with Crippen molar-refractivity contribution in [1.82, 2.24) is 10.6 Å². The summed E-state index contributed by atoms with van der Waals surface area (Å²) in [5.74, 6) is -0.549. The first-order valence-corrected chi connectivity index (χ1v) is 8.21. The van der Waals surface area contributed by atoms with E-state index in [1.165, 1.54) is 24.3 Å². The second-order valence-corrected chi connectivity index (χ2v) is 5.51. The Morgan fingerprint density at radius 1 is 1.04 bits per heavy atom. The Balaban J connectivity index is 1.77. The van der Waals surface area contributed by atoms with Crippen LogP contribution in [0.4, 0.5) is 8.78 Å². The first kappa shape index (κ1) is 20.2. The van der Waals surface area contributed by atoms with Crippen LogP contribution in [0.15, 0.2) is 48.5 Å². The first-order valence-electron chi connectivity index (χ1n) is 8.21. The van der Waals surface area contributed by atoms with Crippen molar-refractivity contribution in [2.75, 3.05) is 20.2 Å². The van der Waals surface area contributed by atoms with Crippen molar-refractivity contribution in [3.8, 4) is 11.5 Å². The van der Waals surface area contributed by atoms with E-state index in [-0.39, 0.29) is 23.8 Å². The fraction of sp³-hybridized carbons (Fsp3) is 0.263. The van der Waals surface area contributed by atoms with Crippen LogP contribution in [0.1, 0.15) is 15.9 Å². The monoisotopic (exact) mass is 378 g/mol. The fourth-order valence-electron chi connectivity index (χ4n) is 2.31. The van der Waals surface area contributed by atoms with Crippen molar-refractivity contribution in [2.24, 2.45) is 0 Å². The van der Waals surface area contributed by atoms with E-state index in [1.54, 1.807) is 7.11 Å². The molecule has 0 bridgehead atoms. The molecule has 2 aromatic rings. The SMILES string of the molecule is COc1ccc(CCNC(=O)CNC(=O)c2ccccc2OC(F)F)cc1. The van der Waals surface area contributed by atoms with E-state index in [4.69, 9.17) is 4.74 Å². The maximum atomic E-state index is 12.4. The van der Waals surface area contributed by atoms with Gasteiger partial charge in [-0.15, -0.1) is 0 Å². The minimum Gasteiger partial charge on any atom is -0.497 e. The molecule has 0 saturated heterocycles. The molecule has 0 spiro atoms. The summed E-state index contributed by atoms with van der Waals surface area (Å²) in [6, 6.07) is 13.0. The molecule has 2 rings (SSSR count). The first-order chi connectivity index (χ1) is 13.0. The summed E-state index contributed by atoms with van der Waals surface area (Å²) in [7, 11) is 1.58. The smallest absolute Gasteiger partial charge is 0.387 e. The molecular formula is C19H20F2N2O4. The van der Waals surface area contributed by atoms with Crippen LogP contribution in [0.25, 0.3) is 0 Å². The molecule has 27 heavy (non-hydrogen) atoms. The lowest BCUT2D eigenvalue weighted by atomic mass is 10.1. The minimum atomic E-state index is -3.04. The van der Waals surface area contributed by atoms with E-state index in [9.17, 15) is 18.4 Å². The third-order valence-corrected chi connectivity index (χ3v) is 3.65. The predicted octanol–water partition coefficient (Wildman–Crippen LogP) is 2.39. The normalized spacial score (nSPS) is 10.4. The van der Waals surface area contributed by atoms with Gasteiger partial charge >= 0.3 is 6.61 Å². The largest absolute Gasteiger partial charge is 0.497 e. The molecule has 0 radical (unpaired) electrons. The van der Waals surface area contributed by atoms with Crippen LogP contribution in [0.3, 0.4) is 0 Å². The van der Waals surface area contributed by atoms with Gasteiger partial charge in [-0.1, -0.05) is 24.3 Å². The number of rotatable bonds is 9. The Hall–Kier alpha value is -3.16. The molecule has 0 saturated carbocycles. The van der Waals surface area contributed by atoms with E-state index in [0.717, 1.165) is 11.3 Å². The molecule has 2 aromatic carbocycles. The number of halogens is 2. The Bertz CT molecular complexity index is 767. The van der Waals surface area contributed by atoms with Gasteiger partial charge in [0.05, 0.1) is 19.2 Å². The number of hydrogen-bond acceptors (Lipinski definition) is 4. The summed E-state index contributed by atoms with van der Waals surface area (Å²) >= 11 is 0. The second kappa shape index (κ2) is 10.1. The summed E-state index contributed by atoms with van der Waals surface area (Å²) in [4.78, 5) is 23.9. The number of nitrogens with one attached hydrogen (secondary N) is 2. The number of hydrogen-bond donors (Lipinski definition) is 2. The fourth-order valence-corrected chi connectivity index (χ4v) is 2.31. The molecule has 0 fully saturated rings. The standard InChI is InChI=1S/C19H20F2N2O4/c1-26-14-8-6-13(7-9-14)10-11-22-17(24)12-23-18(25)15-4-2-3-5-16(15)27-19(20)21/h2-9,19H,10-12H2,1H3,(H,22,24)(H,23,25). The van der Waals surface area contributed by atoms with Gasteiger partial charge in [0, 0.05) is 6.54 Å². The number of para-hydroxylation sites is 1. The van der Waals surface area contributed by atoms with Gasteiger partial charge < -0.3 is 20.1 Å². The molecule has 144 valence electrons. The lowest BCUT2D eigenvalue weighted by molar-refractivity contribution is -0.120. The number of methoxy groups -OCH3 is 1. The second-order valence-electron chi connectivity index (χ2n) is 5.51. The number of benzene rings is 2. The highest BCUT2D eigenvalue weighted by atomic mass is 19.3. The van der Waals surface area contributed by atoms with Crippen LogP contribution >= 0.6 is 0 Å². The lowest BCUT2D eigenvalue weighted by Gasteiger charge is -2.11. The quantitative estimate of drug-likeness (QED) is 0.703. The molecule has 0 aromatic heterocycles. The number of carbonyl (C=O) groups is 2. The van der Waals surface area contributed by atoms with E-state index < -0.39 is 12.5 Å². The molecule has 0 aliphatic carbocycles. The average Bonchev–Trinajstić information content (AvgIpc) is 2.66. The summed E-state index contributed by atoms with van der Waals surface area (Å²) in [5.41, 5.74) is 0.960. The van der Waals surface area contributed by atoms with Crippen molar-refractivity contribution in [3.63, 3.8) is 0 Å². The third-order valence-electron chi connectivity index (χ3n) is 3.65. The van der Waals surface area contributed by atoms with E-state index in [0.29, 0.717) is 13.0 Å². The van der Waals surface area contributed by atoms with Crippen molar-refractivity contribution in [1.29, 1.82) is 0 Å². The van der Waals surface area contributed by atoms with Gasteiger partial charge in [0.1, 0.15) is 11.5 Å². The molecule has 2 amide bonds. The highest BCUT2D eigenvalue weighted by Crippen LogP contribution is 2.19. The molecule has 0 unspecified atom stereocenters. The van der Waals surface area contributed by atoms with Gasteiger partial charge in [0.15, 0.2) is 0 Å². The van der Waals surface area contributed by atoms with Gasteiger partial charge in [-0.3, -0.25) is 9.59 Å². The number of amides is 2. The van der Waals surface area contributed by atoms with Crippen LogP contribution in [-0.2, 0) is 11.2 Å². The zero-order valence-corrected chi connectivity index (χ0v) is 14.7. The van der Waals surface area contributed by atoms with Gasteiger partial charge in [-0.05, 0) is 36.2 Å². The van der Waals surface area contributed by atoms with Crippen LogP contribution in [-0.4, -0.2) is 38.6 Å². The molecule has 0 heterocycles. The molecule has 0 aliphatic rings. The summed E-state index contributed by atoms with van der Waals surface area (Å²) < 4.78 is 34.1. The highest BCUT2D eigenvalue weighted by molar-refractivity contribution is 5.98. The Kier molecular flexibility index (Phi) is 7.54. The maximum absolute atomic E-state index is 12.4. The third kappa shape index (κ3) is 6.58. The zero-order valence-electron chi connectivity index (χ0n) is 14.7. The van der Waals surface area contributed by atoms with Crippen molar-refractivity contribution < 1.29 is 27.8 Å². The van der Waals surface area contributed by atoms with Crippen LogP contribution < -0.4 is 20.1 Å². The average molecular weight is 378 g/mol. The van der Waals surface area contributed by atoms with Crippen molar-refractivity contribution in [3.05, 3.63) is 59.7 Å². The van der Waals surface area contributed by atoms with Gasteiger partial charge in [0.25, 0.3) is 5.91 Å². The molecule has 8 heteroatoms. The summed E-state index contributed by atoms with van der Waals surface area (Å²) in [6.45, 7) is -2.92. The van der Waals surface area contributed by atoms with Gasteiger partial charge in [-0.2, -0.15) is 8.78 Å². The number of alkyl halides is 2. The van der Waals surface area contributed by atoms with Crippen LogP contribution in [0, 0.1) is 0 Å². The number of carbonyl (C=O) groups excluding carboxylic acids is 2. The molecule has 2 N–H and O–H groups in total. The lowest BCUT2D eigenvalue weighted by Crippen LogP contribution is -2.37. The molecule has 0 aliphatic heterocycles. The van der Waals surface area contributed by atoms with Gasteiger partial charge in [-0.25, -0.2) is 0 Å².